The molecule has 4 rings (SSSR count). The van der Waals surface area contributed by atoms with Crippen LogP contribution in [0.3, 0.4) is 0 Å². The molecular weight excluding hydrogens is 442 g/mol. The number of carbonyl (C=O) groups excluding carboxylic acids is 2. The molecule has 1 unspecified atom stereocenters. The third kappa shape index (κ3) is 6.26. The molecule has 2 saturated heterocycles. The van der Waals surface area contributed by atoms with Gasteiger partial charge in [0.25, 0.3) is 5.91 Å². The molecule has 1 aromatic heterocycles. The quantitative estimate of drug-likeness (QED) is 0.530. The molecule has 2 aliphatic heterocycles. The molecule has 2 N–H and O–H groups in total. The summed E-state index contributed by atoms with van der Waals surface area (Å²) in [6.45, 7) is 6.32. The minimum atomic E-state index is -0.391. The van der Waals surface area contributed by atoms with Crippen LogP contribution in [0.25, 0.3) is 0 Å². The topological polar surface area (TPSA) is 89.1 Å². The fourth-order valence-electron chi connectivity index (χ4n) is 4.78. The van der Waals surface area contributed by atoms with Gasteiger partial charge < -0.3 is 29.7 Å². The van der Waals surface area contributed by atoms with Crippen LogP contribution in [0.1, 0.15) is 66.3 Å². The van der Waals surface area contributed by atoms with E-state index in [1.165, 1.54) is 22.4 Å². The van der Waals surface area contributed by atoms with Crippen LogP contribution in [0.2, 0.25) is 0 Å². The van der Waals surface area contributed by atoms with E-state index in [2.05, 4.69) is 33.3 Å². The van der Waals surface area contributed by atoms with E-state index in [9.17, 15) is 9.59 Å². The summed E-state index contributed by atoms with van der Waals surface area (Å²) in [5, 5.41) is 6.06. The number of carbonyl (C=O) groups is 2. The van der Waals surface area contributed by atoms with Gasteiger partial charge in [-0.25, -0.2) is 4.79 Å². The van der Waals surface area contributed by atoms with E-state index < -0.39 is 6.09 Å². The van der Waals surface area contributed by atoms with E-state index in [1.54, 1.807) is 0 Å². The lowest BCUT2D eigenvalue weighted by Crippen LogP contribution is -2.50. The van der Waals surface area contributed by atoms with Crippen LogP contribution in [0.4, 0.5) is 4.79 Å². The van der Waals surface area contributed by atoms with Crippen molar-refractivity contribution >= 4 is 23.3 Å². The Morgan fingerprint density at radius 1 is 1.27 bits per heavy atom. The first-order valence-corrected chi connectivity index (χ1v) is 13.1. The minimum Gasteiger partial charge on any atom is -0.453 e. The maximum Gasteiger partial charge on any atom is 0.406 e. The van der Waals surface area contributed by atoms with Gasteiger partial charge in [0.15, 0.2) is 0 Å². The second-order valence-electron chi connectivity index (χ2n) is 9.16. The SMILES string of the molecule is COC(=O)NCCCc1cc(C(C)N(C(=O)[C@H]2CNCCO2)C2CC2)sc1C1CCOCC1. The van der Waals surface area contributed by atoms with Crippen LogP contribution >= 0.6 is 11.3 Å². The van der Waals surface area contributed by atoms with Gasteiger partial charge in [0, 0.05) is 48.6 Å². The Morgan fingerprint density at radius 2 is 2.06 bits per heavy atom. The van der Waals surface area contributed by atoms with Gasteiger partial charge in [-0.2, -0.15) is 0 Å². The van der Waals surface area contributed by atoms with Crippen molar-refractivity contribution in [2.45, 2.75) is 69.6 Å². The zero-order chi connectivity index (χ0) is 23.2. The number of aryl methyl sites for hydroxylation is 1. The highest BCUT2D eigenvalue weighted by Gasteiger charge is 2.40. The zero-order valence-corrected chi connectivity index (χ0v) is 20.6. The molecule has 9 heteroatoms. The van der Waals surface area contributed by atoms with Crippen LogP contribution in [0, 0.1) is 0 Å². The number of nitrogens with one attached hydrogen (secondary N) is 2. The van der Waals surface area contributed by atoms with Crippen molar-refractivity contribution in [1.82, 2.24) is 15.5 Å². The zero-order valence-electron chi connectivity index (χ0n) is 19.8. The lowest BCUT2D eigenvalue weighted by molar-refractivity contribution is -0.148. The Hall–Kier alpha value is -1.68. The van der Waals surface area contributed by atoms with Gasteiger partial charge in [-0.05, 0) is 63.0 Å². The third-order valence-electron chi connectivity index (χ3n) is 6.76. The van der Waals surface area contributed by atoms with Gasteiger partial charge in [-0.1, -0.05) is 0 Å². The Kier molecular flexibility index (Phi) is 8.62. The number of hydrogen-bond acceptors (Lipinski definition) is 7. The molecule has 3 fully saturated rings. The Bertz CT molecular complexity index is 800. The number of ether oxygens (including phenoxy) is 3. The maximum absolute atomic E-state index is 13.4. The molecule has 8 nitrogen and oxygen atoms in total. The van der Waals surface area contributed by atoms with Crippen molar-refractivity contribution in [2.24, 2.45) is 0 Å². The fraction of sp³-hybridized carbons (Fsp3) is 0.750. The standard InChI is InChI=1S/C24H37N3O5S/c1-16(27(19-5-6-19)23(28)20-15-25-10-13-32-20)21-14-18(4-3-9-26-24(29)30-2)22(33-21)17-7-11-31-12-8-17/h14,16-17,19-20,25H,3-13,15H2,1-2H3,(H,26,29)/t16?,20-/m1/s1. The molecule has 3 heterocycles. The molecule has 33 heavy (non-hydrogen) atoms. The van der Waals surface area contributed by atoms with Gasteiger partial charge >= 0.3 is 6.09 Å². The number of thiophene rings is 1. The number of morpholine rings is 1. The molecule has 0 aromatic carbocycles. The van der Waals surface area contributed by atoms with E-state index in [-0.39, 0.29) is 18.1 Å². The highest BCUT2D eigenvalue weighted by Crippen LogP contribution is 2.42. The molecule has 1 aromatic rings. The molecule has 2 amide bonds. The normalized spacial score (nSPS) is 22.5. The molecule has 0 bridgehead atoms. The summed E-state index contributed by atoms with van der Waals surface area (Å²) in [4.78, 5) is 29.5. The van der Waals surface area contributed by atoms with Gasteiger partial charge in [-0.15, -0.1) is 11.3 Å². The van der Waals surface area contributed by atoms with E-state index in [0.29, 0.717) is 31.7 Å². The molecule has 1 saturated carbocycles. The summed E-state index contributed by atoms with van der Waals surface area (Å²) in [6, 6.07) is 2.65. The molecule has 0 radical (unpaired) electrons. The molecule has 0 spiro atoms. The van der Waals surface area contributed by atoms with Crippen LogP contribution < -0.4 is 10.6 Å². The summed E-state index contributed by atoms with van der Waals surface area (Å²) in [5.74, 6) is 0.617. The van der Waals surface area contributed by atoms with Gasteiger partial charge in [-0.3, -0.25) is 4.79 Å². The summed E-state index contributed by atoms with van der Waals surface area (Å²) in [5.41, 5.74) is 1.35. The van der Waals surface area contributed by atoms with Crippen molar-refractivity contribution in [2.75, 3.05) is 46.6 Å². The molecule has 1 aliphatic carbocycles. The average Bonchev–Trinajstić information content (AvgIpc) is 3.60. The second kappa shape index (κ2) is 11.6. The number of methoxy groups -OCH3 is 1. The summed E-state index contributed by atoms with van der Waals surface area (Å²) < 4.78 is 16.1. The summed E-state index contributed by atoms with van der Waals surface area (Å²) >= 11 is 1.86. The van der Waals surface area contributed by atoms with Crippen molar-refractivity contribution in [1.29, 1.82) is 0 Å². The van der Waals surface area contributed by atoms with Gasteiger partial charge in [0.1, 0.15) is 6.10 Å². The number of alkyl carbamates (subject to hydrolysis) is 1. The molecule has 2 atom stereocenters. The first-order valence-electron chi connectivity index (χ1n) is 12.2. The third-order valence-corrected chi connectivity index (χ3v) is 8.27. The minimum absolute atomic E-state index is 0.0288. The molecule has 184 valence electrons. The number of hydrogen-bond donors (Lipinski definition) is 2. The number of nitrogens with zero attached hydrogens (tertiary/aromatic N) is 1. The lowest BCUT2D eigenvalue weighted by atomic mass is 9.94. The van der Waals surface area contributed by atoms with Crippen LogP contribution in [-0.2, 0) is 25.4 Å². The fourth-order valence-corrected chi connectivity index (χ4v) is 6.21. The average molecular weight is 480 g/mol. The van der Waals surface area contributed by atoms with Crippen LogP contribution in [0.15, 0.2) is 6.07 Å². The molecule has 3 aliphatic rings. The largest absolute Gasteiger partial charge is 0.453 e. The Labute approximate surface area is 200 Å². The van der Waals surface area contributed by atoms with E-state index in [0.717, 1.165) is 58.3 Å². The monoisotopic (exact) mass is 479 g/mol. The van der Waals surface area contributed by atoms with E-state index >= 15 is 0 Å². The molecular formula is C24H37N3O5S. The van der Waals surface area contributed by atoms with Crippen molar-refractivity contribution in [3.8, 4) is 0 Å². The first-order chi connectivity index (χ1) is 16.1. The van der Waals surface area contributed by atoms with Crippen LogP contribution in [0.5, 0.6) is 0 Å². The Morgan fingerprint density at radius 3 is 2.73 bits per heavy atom. The summed E-state index contributed by atoms with van der Waals surface area (Å²) in [7, 11) is 1.38. The van der Waals surface area contributed by atoms with E-state index in [4.69, 9.17) is 9.47 Å². The van der Waals surface area contributed by atoms with Crippen LogP contribution in [-0.4, -0.2) is 75.6 Å². The highest BCUT2D eigenvalue weighted by molar-refractivity contribution is 7.12. The van der Waals surface area contributed by atoms with Gasteiger partial charge in [0.2, 0.25) is 0 Å². The van der Waals surface area contributed by atoms with Crippen molar-refractivity contribution in [3.63, 3.8) is 0 Å². The summed E-state index contributed by atoms with van der Waals surface area (Å²) in [6.07, 6.45) is 5.18. The second-order valence-corrected chi connectivity index (χ2v) is 10.3. The predicted molar refractivity (Wildman–Crippen MR) is 127 cm³/mol. The predicted octanol–water partition coefficient (Wildman–Crippen LogP) is 2.97. The Balaban J connectivity index is 1.50. The van der Waals surface area contributed by atoms with E-state index in [1.807, 2.05) is 11.3 Å². The lowest BCUT2D eigenvalue weighted by Gasteiger charge is -2.33. The first kappa shape index (κ1) is 24.4. The van der Waals surface area contributed by atoms with Gasteiger partial charge in [0.05, 0.1) is 19.8 Å². The van der Waals surface area contributed by atoms with Crippen molar-refractivity contribution < 1.29 is 23.8 Å². The van der Waals surface area contributed by atoms with Crippen molar-refractivity contribution in [3.05, 3.63) is 21.4 Å². The highest BCUT2D eigenvalue weighted by atomic mass is 32.1. The number of rotatable bonds is 9. The smallest absolute Gasteiger partial charge is 0.406 e. The number of amides is 2. The maximum atomic E-state index is 13.4.